The molecule has 0 spiro atoms. The number of carboxylic acids is 1. The van der Waals surface area contributed by atoms with Crippen molar-refractivity contribution in [3.63, 3.8) is 0 Å². The largest absolute Gasteiger partial charge is 0.480 e. The van der Waals surface area contributed by atoms with Gasteiger partial charge in [0.05, 0.1) is 5.54 Å². The molecule has 0 aromatic heterocycles. The SMILES string of the molecule is C#CC(C)(C)NC(=O)N(CCC)CC(=O)O. The molecule has 5 heteroatoms. The van der Waals surface area contributed by atoms with Crippen molar-refractivity contribution in [2.24, 2.45) is 0 Å². The first kappa shape index (κ1) is 14.3. The number of hydrogen-bond acceptors (Lipinski definition) is 2. The third-order valence-electron chi connectivity index (χ3n) is 1.89. The first-order valence-electron chi connectivity index (χ1n) is 5.09. The molecule has 0 aliphatic carbocycles. The summed E-state index contributed by atoms with van der Waals surface area (Å²) >= 11 is 0. The van der Waals surface area contributed by atoms with Crippen LogP contribution in [0.3, 0.4) is 0 Å². The molecule has 90 valence electrons. The Kier molecular flexibility index (Phi) is 5.37. The first-order valence-corrected chi connectivity index (χ1v) is 5.09. The van der Waals surface area contributed by atoms with Gasteiger partial charge in [0.2, 0.25) is 0 Å². The Labute approximate surface area is 95.8 Å². The van der Waals surface area contributed by atoms with Crippen molar-refractivity contribution >= 4 is 12.0 Å². The van der Waals surface area contributed by atoms with Gasteiger partial charge in [-0.3, -0.25) is 4.79 Å². The number of terminal acetylenes is 1. The fraction of sp³-hybridized carbons (Fsp3) is 0.636. The summed E-state index contributed by atoms with van der Waals surface area (Å²) in [4.78, 5) is 23.5. The molecule has 0 atom stereocenters. The fourth-order valence-electron chi connectivity index (χ4n) is 1.07. The number of carbonyl (C=O) groups excluding carboxylic acids is 1. The van der Waals surface area contributed by atoms with Gasteiger partial charge in [0.1, 0.15) is 6.54 Å². The molecule has 0 saturated heterocycles. The van der Waals surface area contributed by atoms with Gasteiger partial charge in [0.25, 0.3) is 0 Å². The van der Waals surface area contributed by atoms with Crippen LogP contribution < -0.4 is 5.32 Å². The summed E-state index contributed by atoms with van der Waals surface area (Å²) in [5.41, 5.74) is -0.776. The van der Waals surface area contributed by atoms with E-state index in [9.17, 15) is 9.59 Å². The maximum Gasteiger partial charge on any atom is 0.323 e. The Balaban J connectivity index is 4.51. The third-order valence-corrected chi connectivity index (χ3v) is 1.89. The average Bonchev–Trinajstić information content (AvgIpc) is 2.16. The van der Waals surface area contributed by atoms with E-state index >= 15 is 0 Å². The number of amides is 2. The minimum Gasteiger partial charge on any atom is -0.480 e. The average molecular weight is 226 g/mol. The lowest BCUT2D eigenvalue weighted by Gasteiger charge is -2.26. The minimum absolute atomic E-state index is 0.319. The molecule has 0 aliphatic heterocycles. The molecular weight excluding hydrogens is 208 g/mol. The maximum absolute atomic E-state index is 11.7. The Morgan fingerprint density at radius 1 is 1.50 bits per heavy atom. The van der Waals surface area contributed by atoms with Gasteiger partial charge in [0, 0.05) is 6.54 Å². The molecular formula is C11H18N2O3. The highest BCUT2D eigenvalue weighted by atomic mass is 16.4. The second-order valence-corrected chi connectivity index (χ2v) is 4.01. The zero-order valence-electron chi connectivity index (χ0n) is 9.91. The summed E-state index contributed by atoms with van der Waals surface area (Å²) in [6.07, 6.45) is 5.92. The molecule has 0 heterocycles. The van der Waals surface area contributed by atoms with Crippen LogP contribution in [0.1, 0.15) is 27.2 Å². The maximum atomic E-state index is 11.7. The number of rotatable bonds is 5. The minimum atomic E-state index is -1.04. The van der Waals surface area contributed by atoms with Crippen LogP contribution in [0, 0.1) is 12.3 Å². The van der Waals surface area contributed by atoms with Crippen LogP contribution in [0.15, 0.2) is 0 Å². The number of urea groups is 1. The highest BCUT2D eigenvalue weighted by molar-refractivity contribution is 5.80. The van der Waals surface area contributed by atoms with Crippen LogP contribution in [0.5, 0.6) is 0 Å². The van der Waals surface area contributed by atoms with Crippen molar-refractivity contribution in [2.45, 2.75) is 32.7 Å². The summed E-state index contributed by atoms with van der Waals surface area (Å²) in [7, 11) is 0. The molecule has 2 amide bonds. The molecule has 0 unspecified atom stereocenters. The molecule has 0 bridgehead atoms. The van der Waals surface area contributed by atoms with Crippen LogP contribution in [0.4, 0.5) is 4.79 Å². The molecule has 0 aromatic rings. The van der Waals surface area contributed by atoms with E-state index < -0.39 is 17.5 Å². The Bertz CT molecular complexity index is 305. The third kappa shape index (κ3) is 5.25. The number of carboxylic acid groups (broad SMARTS) is 1. The topological polar surface area (TPSA) is 69.6 Å². The van der Waals surface area contributed by atoms with Crippen molar-refractivity contribution in [3.05, 3.63) is 0 Å². The first-order chi connectivity index (χ1) is 7.32. The lowest BCUT2D eigenvalue weighted by atomic mass is 10.1. The molecule has 5 nitrogen and oxygen atoms in total. The van der Waals surface area contributed by atoms with Crippen LogP contribution in [-0.2, 0) is 4.79 Å². The van der Waals surface area contributed by atoms with E-state index in [1.807, 2.05) is 6.92 Å². The van der Waals surface area contributed by atoms with Gasteiger partial charge < -0.3 is 15.3 Å². The van der Waals surface area contributed by atoms with E-state index in [0.717, 1.165) is 0 Å². The number of nitrogens with zero attached hydrogens (tertiary/aromatic N) is 1. The molecule has 0 aliphatic rings. The van der Waals surface area contributed by atoms with Gasteiger partial charge in [-0.05, 0) is 20.3 Å². The van der Waals surface area contributed by atoms with Gasteiger partial charge in [-0.1, -0.05) is 12.8 Å². The summed E-state index contributed by atoms with van der Waals surface area (Å²) < 4.78 is 0. The fourth-order valence-corrected chi connectivity index (χ4v) is 1.07. The predicted molar refractivity (Wildman–Crippen MR) is 60.9 cm³/mol. The van der Waals surface area contributed by atoms with Crippen LogP contribution >= 0.6 is 0 Å². The summed E-state index contributed by atoms with van der Waals surface area (Å²) in [6.45, 7) is 5.29. The molecule has 0 aromatic carbocycles. The predicted octanol–water partition coefficient (Wildman–Crippen LogP) is 0.904. The van der Waals surface area contributed by atoms with Gasteiger partial charge >= 0.3 is 12.0 Å². The van der Waals surface area contributed by atoms with E-state index in [1.165, 1.54) is 4.90 Å². The van der Waals surface area contributed by atoms with Gasteiger partial charge in [-0.25, -0.2) is 4.79 Å². The second kappa shape index (κ2) is 6.01. The number of nitrogens with one attached hydrogen (secondary N) is 1. The summed E-state index contributed by atoms with van der Waals surface area (Å²) in [6, 6.07) is -0.452. The molecule has 0 fully saturated rings. The number of aliphatic carboxylic acids is 1. The van der Waals surface area contributed by atoms with Crippen molar-refractivity contribution < 1.29 is 14.7 Å². The highest BCUT2D eigenvalue weighted by Gasteiger charge is 2.22. The van der Waals surface area contributed by atoms with E-state index in [0.29, 0.717) is 13.0 Å². The zero-order chi connectivity index (χ0) is 12.8. The van der Waals surface area contributed by atoms with E-state index in [1.54, 1.807) is 13.8 Å². The van der Waals surface area contributed by atoms with Gasteiger partial charge in [-0.15, -0.1) is 6.42 Å². The Hall–Kier alpha value is -1.70. The Morgan fingerprint density at radius 3 is 2.44 bits per heavy atom. The summed E-state index contributed by atoms with van der Waals surface area (Å²) in [5.74, 6) is 1.38. The van der Waals surface area contributed by atoms with Crippen molar-refractivity contribution in [3.8, 4) is 12.3 Å². The highest BCUT2D eigenvalue weighted by Crippen LogP contribution is 2.02. The van der Waals surface area contributed by atoms with E-state index in [4.69, 9.17) is 11.5 Å². The monoisotopic (exact) mass is 226 g/mol. The van der Waals surface area contributed by atoms with Crippen molar-refractivity contribution in [1.29, 1.82) is 0 Å². The van der Waals surface area contributed by atoms with Crippen molar-refractivity contribution in [2.75, 3.05) is 13.1 Å². The zero-order valence-corrected chi connectivity index (χ0v) is 9.91. The lowest BCUT2D eigenvalue weighted by Crippen LogP contribution is -2.50. The van der Waals surface area contributed by atoms with Gasteiger partial charge in [0.15, 0.2) is 0 Å². The molecule has 0 radical (unpaired) electrons. The Morgan fingerprint density at radius 2 is 2.06 bits per heavy atom. The van der Waals surface area contributed by atoms with Crippen LogP contribution in [-0.4, -0.2) is 40.6 Å². The quantitative estimate of drug-likeness (QED) is 0.684. The lowest BCUT2D eigenvalue weighted by molar-refractivity contribution is -0.137. The van der Waals surface area contributed by atoms with E-state index in [-0.39, 0.29) is 6.54 Å². The molecule has 16 heavy (non-hydrogen) atoms. The standard InChI is InChI=1S/C11H18N2O3/c1-5-7-13(8-9(14)15)10(16)12-11(3,4)6-2/h2H,5,7-8H2,1,3-4H3,(H,12,16)(H,14,15). The van der Waals surface area contributed by atoms with Crippen molar-refractivity contribution in [1.82, 2.24) is 10.2 Å². The number of carbonyl (C=O) groups is 2. The normalized spacial score (nSPS) is 10.4. The van der Waals surface area contributed by atoms with Gasteiger partial charge in [-0.2, -0.15) is 0 Å². The van der Waals surface area contributed by atoms with Crippen LogP contribution in [0.2, 0.25) is 0 Å². The van der Waals surface area contributed by atoms with Crippen LogP contribution in [0.25, 0.3) is 0 Å². The molecule has 2 N–H and O–H groups in total. The second-order valence-electron chi connectivity index (χ2n) is 4.01. The number of hydrogen-bond donors (Lipinski definition) is 2. The molecule has 0 saturated carbocycles. The van der Waals surface area contributed by atoms with E-state index in [2.05, 4.69) is 11.2 Å². The smallest absolute Gasteiger partial charge is 0.323 e. The molecule has 0 rings (SSSR count). The summed E-state index contributed by atoms with van der Waals surface area (Å²) in [5, 5.41) is 11.2.